The maximum absolute atomic E-state index is 12.6. The SMILES string of the molecule is CCc1onc(C)c1NC(=O)N[C@@H]1CCC(=O)N(C)[C@H]1c1ccnn1C. The van der Waals surface area contributed by atoms with Crippen molar-refractivity contribution in [2.24, 2.45) is 7.05 Å². The number of aryl methyl sites for hydroxylation is 3. The number of hydrogen-bond donors (Lipinski definition) is 2. The number of piperidine rings is 1. The zero-order valence-electron chi connectivity index (χ0n) is 15.4. The Balaban J connectivity index is 1.78. The molecule has 2 N–H and O–H groups in total. The van der Waals surface area contributed by atoms with Crippen LogP contribution in [0.5, 0.6) is 0 Å². The number of urea groups is 1. The normalized spacial score (nSPS) is 20.3. The maximum atomic E-state index is 12.6. The predicted octanol–water partition coefficient (Wildman–Crippen LogP) is 1.76. The number of aromatic nitrogens is 3. The van der Waals surface area contributed by atoms with Crippen molar-refractivity contribution in [1.82, 2.24) is 25.2 Å². The smallest absolute Gasteiger partial charge is 0.319 e. The van der Waals surface area contributed by atoms with Crippen LogP contribution in [0.25, 0.3) is 0 Å². The summed E-state index contributed by atoms with van der Waals surface area (Å²) in [4.78, 5) is 26.4. The first-order valence-electron chi connectivity index (χ1n) is 8.68. The molecule has 0 unspecified atom stereocenters. The molecule has 3 rings (SSSR count). The Morgan fingerprint density at radius 3 is 2.85 bits per heavy atom. The van der Waals surface area contributed by atoms with E-state index in [0.29, 0.717) is 36.4 Å². The van der Waals surface area contributed by atoms with Crippen molar-refractivity contribution in [1.29, 1.82) is 0 Å². The second kappa shape index (κ2) is 7.19. The average Bonchev–Trinajstić information content (AvgIpc) is 3.18. The highest BCUT2D eigenvalue weighted by atomic mass is 16.5. The molecule has 1 aliphatic rings. The Hall–Kier alpha value is -2.84. The minimum atomic E-state index is -0.342. The van der Waals surface area contributed by atoms with Crippen LogP contribution in [0, 0.1) is 6.92 Å². The summed E-state index contributed by atoms with van der Waals surface area (Å²) in [7, 11) is 3.58. The van der Waals surface area contributed by atoms with Crippen LogP contribution in [-0.4, -0.2) is 44.9 Å². The van der Waals surface area contributed by atoms with Gasteiger partial charge in [-0.05, 0) is 19.4 Å². The fraction of sp³-hybridized carbons (Fsp3) is 0.529. The van der Waals surface area contributed by atoms with Gasteiger partial charge in [0.15, 0.2) is 5.76 Å². The molecule has 3 heterocycles. The van der Waals surface area contributed by atoms with Gasteiger partial charge in [-0.15, -0.1) is 0 Å². The summed E-state index contributed by atoms with van der Waals surface area (Å²) in [5.74, 6) is 0.689. The van der Waals surface area contributed by atoms with Gasteiger partial charge in [-0.2, -0.15) is 5.10 Å². The minimum absolute atomic E-state index is 0.0535. The molecular formula is C17H24N6O3. The fourth-order valence-corrected chi connectivity index (χ4v) is 3.40. The molecular weight excluding hydrogens is 336 g/mol. The molecule has 1 saturated heterocycles. The standard InChI is InChI=1S/C17H24N6O3/c1-5-13-15(10(2)21-26-13)20-17(25)19-11-6-7-14(24)22(3)16(11)12-8-9-18-23(12)4/h8-9,11,16H,5-7H2,1-4H3,(H2,19,20,25)/t11-,16-/m1/s1. The second-order valence-electron chi connectivity index (χ2n) is 6.49. The molecule has 0 spiro atoms. The first kappa shape index (κ1) is 18.0. The minimum Gasteiger partial charge on any atom is -0.359 e. The van der Waals surface area contributed by atoms with E-state index in [9.17, 15) is 9.59 Å². The average molecular weight is 360 g/mol. The van der Waals surface area contributed by atoms with Gasteiger partial charge in [-0.25, -0.2) is 4.79 Å². The third kappa shape index (κ3) is 3.29. The molecule has 0 aliphatic carbocycles. The van der Waals surface area contributed by atoms with Gasteiger partial charge in [0, 0.05) is 33.1 Å². The Bertz CT molecular complexity index is 811. The highest BCUT2D eigenvalue weighted by Gasteiger charge is 2.37. The number of nitrogens with zero attached hydrogens (tertiary/aromatic N) is 4. The highest BCUT2D eigenvalue weighted by molar-refractivity contribution is 5.90. The van der Waals surface area contributed by atoms with Gasteiger partial charge in [0.2, 0.25) is 5.91 Å². The summed E-state index contributed by atoms with van der Waals surface area (Å²) in [5, 5.41) is 13.9. The van der Waals surface area contributed by atoms with E-state index in [0.717, 1.165) is 5.69 Å². The van der Waals surface area contributed by atoms with Crippen molar-refractivity contribution in [2.45, 2.75) is 45.2 Å². The van der Waals surface area contributed by atoms with E-state index < -0.39 is 0 Å². The lowest BCUT2D eigenvalue weighted by Crippen LogP contribution is -2.52. The Morgan fingerprint density at radius 1 is 1.42 bits per heavy atom. The molecule has 3 amide bonds. The lowest BCUT2D eigenvalue weighted by atomic mass is 9.93. The second-order valence-corrected chi connectivity index (χ2v) is 6.49. The van der Waals surface area contributed by atoms with Crippen LogP contribution >= 0.6 is 0 Å². The quantitative estimate of drug-likeness (QED) is 0.864. The van der Waals surface area contributed by atoms with Crippen molar-refractivity contribution in [3.8, 4) is 0 Å². The number of nitrogens with one attached hydrogen (secondary N) is 2. The van der Waals surface area contributed by atoms with E-state index in [1.54, 1.807) is 29.7 Å². The molecule has 0 saturated carbocycles. The number of anilines is 1. The molecule has 9 nitrogen and oxygen atoms in total. The summed E-state index contributed by atoms with van der Waals surface area (Å²) < 4.78 is 6.93. The zero-order valence-corrected chi connectivity index (χ0v) is 15.4. The number of likely N-dealkylation sites (N-methyl/N-ethyl adjacent to an activating group) is 1. The van der Waals surface area contributed by atoms with E-state index in [2.05, 4.69) is 20.9 Å². The zero-order chi connectivity index (χ0) is 18.8. The van der Waals surface area contributed by atoms with Crippen molar-refractivity contribution in [3.63, 3.8) is 0 Å². The molecule has 0 bridgehead atoms. The van der Waals surface area contributed by atoms with Gasteiger partial charge in [0.25, 0.3) is 0 Å². The van der Waals surface area contributed by atoms with Crippen molar-refractivity contribution in [2.75, 3.05) is 12.4 Å². The van der Waals surface area contributed by atoms with Crippen molar-refractivity contribution >= 4 is 17.6 Å². The van der Waals surface area contributed by atoms with Crippen LogP contribution in [0.1, 0.15) is 43.0 Å². The number of hydrogen-bond acceptors (Lipinski definition) is 5. The molecule has 0 radical (unpaired) electrons. The topological polar surface area (TPSA) is 105 Å². The van der Waals surface area contributed by atoms with E-state index in [1.807, 2.05) is 20.0 Å². The molecule has 140 valence electrons. The third-order valence-electron chi connectivity index (χ3n) is 4.83. The largest absolute Gasteiger partial charge is 0.359 e. The van der Waals surface area contributed by atoms with E-state index in [-0.39, 0.29) is 24.0 Å². The monoisotopic (exact) mass is 360 g/mol. The molecule has 26 heavy (non-hydrogen) atoms. The number of likely N-dealkylation sites (tertiary alicyclic amines) is 1. The first-order chi connectivity index (χ1) is 12.4. The fourth-order valence-electron chi connectivity index (χ4n) is 3.40. The van der Waals surface area contributed by atoms with Crippen LogP contribution in [0.3, 0.4) is 0 Å². The van der Waals surface area contributed by atoms with Gasteiger partial charge in [-0.3, -0.25) is 9.48 Å². The third-order valence-corrected chi connectivity index (χ3v) is 4.83. The van der Waals surface area contributed by atoms with E-state index in [1.165, 1.54) is 0 Å². The number of carbonyl (C=O) groups excluding carboxylic acids is 2. The Morgan fingerprint density at radius 2 is 2.19 bits per heavy atom. The first-order valence-corrected chi connectivity index (χ1v) is 8.68. The van der Waals surface area contributed by atoms with Crippen LogP contribution in [-0.2, 0) is 18.3 Å². The van der Waals surface area contributed by atoms with Crippen LogP contribution in [0.4, 0.5) is 10.5 Å². The lowest BCUT2D eigenvalue weighted by Gasteiger charge is -2.39. The van der Waals surface area contributed by atoms with Gasteiger partial charge >= 0.3 is 6.03 Å². The summed E-state index contributed by atoms with van der Waals surface area (Å²) in [6.07, 6.45) is 3.28. The van der Waals surface area contributed by atoms with Crippen molar-refractivity contribution in [3.05, 3.63) is 29.4 Å². The highest BCUT2D eigenvalue weighted by Crippen LogP contribution is 2.30. The van der Waals surface area contributed by atoms with Crippen LogP contribution in [0.2, 0.25) is 0 Å². The number of carbonyl (C=O) groups is 2. The predicted molar refractivity (Wildman–Crippen MR) is 94.5 cm³/mol. The van der Waals surface area contributed by atoms with Crippen LogP contribution in [0.15, 0.2) is 16.8 Å². The molecule has 9 heteroatoms. The van der Waals surface area contributed by atoms with Gasteiger partial charge in [-0.1, -0.05) is 12.1 Å². The summed E-state index contributed by atoms with van der Waals surface area (Å²) >= 11 is 0. The molecule has 1 fully saturated rings. The molecule has 0 aromatic carbocycles. The number of rotatable bonds is 4. The van der Waals surface area contributed by atoms with Crippen LogP contribution < -0.4 is 10.6 Å². The molecule has 2 aromatic rings. The van der Waals surface area contributed by atoms with Crippen molar-refractivity contribution < 1.29 is 14.1 Å². The summed E-state index contributed by atoms with van der Waals surface area (Å²) in [5.41, 5.74) is 2.11. The van der Waals surface area contributed by atoms with Gasteiger partial charge in [0.1, 0.15) is 11.4 Å². The lowest BCUT2D eigenvalue weighted by molar-refractivity contribution is -0.136. The Labute approximate surface area is 151 Å². The van der Waals surface area contributed by atoms with Gasteiger partial charge < -0.3 is 20.1 Å². The summed E-state index contributed by atoms with van der Waals surface area (Å²) in [6, 6.07) is 1.03. The van der Waals surface area contributed by atoms with E-state index in [4.69, 9.17) is 4.52 Å². The Kier molecular flexibility index (Phi) is 4.97. The molecule has 1 aliphatic heterocycles. The van der Waals surface area contributed by atoms with E-state index >= 15 is 0 Å². The number of amides is 3. The summed E-state index contributed by atoms with van der Waals surface area (Å²) in [6.45, 7) is 3.72. The van der Waals surface area contributed by atoms with Gasteiger partial charge in [0.05, 0.1) is 17.8 Å². The molecule has 2 atom stereocenters. The maximum Gasteiger partial charge on any atom is 0.319 e. The molecule has 2 aromatic heterocycles.